The number of carbonyl (C=O) groups excluding carboxylic acids is 1. The van der Waals surface area contributed by atoms with E-state index in [1.54, 1.807) is 0 Å². The largest absolute Gasteiger partial charge is 0.363 e. The number of carbonyl (C=O) groups is 1. The van der Waals surface area contributed by atoms with Crippen LogP contribution in [0.15, 0.2) is 65.8 Å². The molecule has 4 rings (SSSR count). The van der Waals surface area contributed by atoms with Crippen LogP contribution in [0.3, 0.4) is 0 Å². The summed E-state index contributed by atoms with van der Waals surface area (Å²) in [5.41, 5.74) is 3.17. The van der Waals surface area contributed by atoms with E-state index < -0.39 is 22.5 Å². The number of nitrogens with one attached hydrogen (secondary N) is 2. The Morgan fingerprint density at radius 1 is 1.27 bits per heavy atom. The van der Waals surface area contributed by atoms with Crippen molar-refractivity contribution < 1.29 is 18.4 Å². The van der Waals surface area contributed by atoms with E-state index in [0.29, 0.717) is 12.5 Å². The molecule has 9 heteroatoms. The van der Waals surface area contributed by atoms with Gasteiger partial charge in [-0.05, 0) is 56.0 Å². The number of hydrogen-bond acceptors (Lipinski definition) is 5. The van der Waals surface area contributed by atoms with Gasteiger partial charge in [0.05, 0.1) is 7.11 Å². The van der Waals surface area contributed by atoms with Crippen LogP contribution in [0.5, 0.6) is 0 Å². The Hall–Kier alpha value is -2.75. The molecule has 0 aromatic heterocycles. The number of urea groups is 1. The predicted molar refractivity (Wildman–Crippen MR) is 125 cm³/mol. The average molecular weight is 473 g/mol. The minimum absolute atomic E-state index is 0.0160. The number of hydroxylamine groups is 1. The number of benzene rings is 2. The molecule has 0 saturated carbocycles. The molecule has 2 aromatic rings. The van der Waals surface area contributed by atoms with Crippen LogP contribution in [-0.4, -0.2) is 35.8 Å². The molecular formula is C24H26F2N4O2S. The van der Waals surface area contributed by atoms with Crippen LogP contribution < -0.4 is 10.8 Å². The summed E-state index contributed by atoms with van der Waals surface area (Å²) < 4.78 is 28.5. The van der Waals surface area contributed by atoms with Crippen LogP contribution in [0.25, 0.3) is 0 Å². The van der Waals surface area contributed by atoms with Crippen molar-refractivity contribution in [1.82, 2.24) is 15.8 Å². The summed E-state index contributed by atoms with van der Waals surface area (Å²) in [5, 5.41) is 9.48. The Morgan fingerprint density at radius 3 is 2.82 bits per heavy atom. The number of allylic oxidation sites excluding steroid dienone is 1. The third-order valence-corrected chi connectivity index (χ3v) is 7.12. The Morgan fingerprint density at radius 2 is 2.09 bits per heavy atom. The van der Waals surface area contributed by atoms with Crippen LogP contribution in [-0.2, 0) is 9.71 Å². The van der Waals surface area contributed by atoms with E-state index in [2.05, 4.69) is 28.1 Å². The van der Waals surface area contributed by atoms with Crippen LogP contribution in [0.2, 0.25) is 0 Å². The molecule has 33 heavy (non-hydrogen) atoms. The molecular weight excluding hydrogens is 446 g/mol. The van der Waals surface area contributed by atoms with E-state index in [9.17, 15) is 13.6 Å². The van der Waals surface area contributed by atoms with Crippen molar-refractivity contribution in [1.29, 1.82) is 0 Å². The summed E-state index contributed by atoms with van der Waals surface area (Å²) >= 11 is 1.24. The third-order valence-electron chi connectivity index (χ3n) is 5.68. The van der Waals surface area contributed by atoms with Gasteiger partial charge in [-0.25, -0.2) is 19.1 Å². The van der Waals surface area contributed by atoms with Gasteiger partial charge in [-0.2, -0.15) is 10.1 Å². The fourth-order valence-corrected chi connectivity index (χ4v) is 5.52. The summed E-state index contributed by atoms with van der Waals surface area (Å²) in [6.45, 7) is 0.744. The van der Waals surface area contributed by atoms with Crippen molar-refractivity contribution >= 4 is 22.8 Å². The quantitative estimate of drug-likeness (QED) is 0.326. The number of halogens is 2. The van der Waals surface area contributed by atoms with Crippen molar-refractivity contribution in [2.24, 2.45) is 5.10 Å². The zero-order valence-electron chi connectivity index (χ0n) is 18.3. The molecule has 0 radical (unpaired) electrons. The molecule has 0 spiro atoms. The molecule has 2 aliphatic rings. The number of hydrazone groups is 1. The van der Waals surface area contributed by atoms with Gasteiger partial charge in [0, 0.05) is 11.6 Å². The van der Waals surface area contributed by atoms with Gasteiger partial charge in [0.1, 0.15) is 21.5 Å². The highest BCUT2D eigenvalue weighted by molar-refractivity contribution is 8.15. The Bertz CT molecular complexity index is 1050. The molecule has 1 heterocycles. The van der Waals surface area contributed by atoms with Crippen LogP contribution in [0.4, 0.5) is 13.6 Å². The zero-order chi connectivity index (χ0) is 23.3. The van der Waals surface area contributed by atoms with E-state index in [1.807, 2.05) is 30.3 Å². The maximum Gasteiger partial charge on any atom is 0.363 e. The lowest BCUT2D eigenvalue weighted by Gasteiger charge is -2.35. The molecule has 0 bridgehead atoms. The van der Waals surface area contributed by atoms with Gasteiger partial charge in [-0.1, -0.05) is 54.2 Å². The van der Waals surface area contributed by atoms with Gasteiger partial charge < -0.3 is 5.32 Å². The summed E-state index contributed by atoms with van der Waals surface area (Å²) in [5.74, 6) is -1.18. The smallest absolute Gasteiger partial charge is 0.311 e. The first kappa shape index (κ1) is 23.4. The van der Waals surface area contributed by atoms with Gasteiger partial charge in [-0.3, -0.25) is 4.84 Å². The predicted octanol–water partition coefficient (Wildman–Crippen LogP) is 4.89. The first-order valence-electron chi connectivity index (χ1n) is 10.9. The lowest BCUT2D eigenvalue weighted by atomic mass is 10.0. The normalized spacial score (nSPS) is 22.0. The van der Waals surface area contributed by atoms with E-state index in [4.69, 9.17) is 4.84 Å². The maximum absolute atomic E-state index is 14.6. The second kappa shape index (κ2) is 10.5. The summed E-state index contributed by atoms with van der Waals surface area (Å²) in [4.78, 5) is 16.9. The molecule has 1 aliphatic carbocycles. The minimum Gasteiger partial charge on any atom is -0.311 e. The van der Waals surface area contributed by atoms with Crippen molar-refractivity contribution in [3.63, 3.8) is 0 Å². The van der Waals surface area contributed by atoms with Gasteiger partial charge in [0.15, 0.2) is 0 Å². The SMILES string of the molecule is CONC(=O)N1N=C(c2cc(F)ccc2F)SC1(CCCNC1C=CCC1)c1ccccc1. The molecule has 174 valence electrons. The Kier molecular flexibility index (Phi) is 7.42. The summed E-state index contributed by atoms with van der Waals surface area (Å²) in [6, 6.07) is 12.5. The molecule has 2 N–H and O–H groups in total. The van der Waals surface area contributed by atoms with Gasteiger partial charge >= 0.3 is 6.03 Å². The number of rotatable bonds is 8. The van der Waals surface area contributed by atoms with E-state index in [1.165, 1.54) is 23.9 Å². The highest BCUT2D eigenvalue weighted by atomic mass is 32.2. The third kappa shape index (κ3) is 5.10. The number of thioether (sulfide) groups is 1. The Labute approximate surface area is 196 Å². The van der Waals surface area contributed by atoms with Crippen molar-refractivity contribution in [2.45, 2.75) is 36.6 Å². The first-order valence-corrected chi connectivity index (χ1v) is 11.7. The maximum atomic E-state index is 14.6. The lowest BCUT2D eigenvalue weighted by Crippen LogP contribution is -2.46. The fraction of sp³-hybridized carbons (Fsp3) is 0.333. The number of hydrogen-bond donors (Lipinski definition) is 2. The number of amides is 2. The van der Waals surface area contributed by atoms with Crippen molar-refractivity contribution in [2.75, 3.05) is 13.7 Å². The standard InChI is InChI=1S/C24H26F2N4O2S/c1-32-29-23(31)30-24(17-8-3-2-4-9-17,14-7-15-27-19-10-5-6-11-19)33-22(28-30)20-16-18(25)12-13-21(20)26/h2-5,8-10,12-13,16,19,27H,6-7,11,14-15H2,1H3,(H,29,31). The summed E-state index contributed by atoms with van der Waals surface area (Å²) in [6.07, 6.45) is 7.75. The number of nitrogens with zero attached hydrogens (tertiary/aromatic N) is 2. The van der Waals surface area contributed by atoms with Gasteiger partial charge in [0.2, 0.25) is 0 Å². The second-order valence-electron chi connectivity index (χ2n) is 7.87. The minimum atomic E-state index is -0.953. The topological polar surface area (TPSA) is 66.0 Å². The molecule has 2 unspecified atom stereocenters. The molecule has 2 amide bonds. The lowest BCUT2D eigenvalue weighted by molar-refractivity contribution is 0.0732. The van der Waals surface area contributed by atoms with Crippen LogP contribution in [0, 0.1) is 11.6 Å². The van der Waals surface area contributed by atoms with E-state index in [0.717, 1.165) is 49.6 Å². The highest BCUT2D eigenvalue weighted by Gasteiger charge is 2.49. The van der Waals surface area contributed by atoms with E-state index >= 15 is 0 Å². The van der Waals surface area contributed by atoms with Crippen LogP contribution in [0.1, 0.15) is 36.8 Å². The van der Waals surface area contributed by atoms with Crippen molar-refractivity contribution in [3.8, 4) is 0 Å². The highest BCUT2D eigenvalue weighted by Crippen LogP contribution is 2.50. The van der Waals surface area contributed by atoms with Crippen LogP contribution >= 0.6 is 11.8 Å². The van der Waals surface area contributed by atoms with E-state index in [-0.39, 0.29) is 10.6 Å². The first-order chi connectivity index (χ1) is 16.0. The van der Waals surface area contributed by atoms with Crippen molar-refractivity contribution in [3.05, 3.63) is 83.4 Å². The second-order valence-corrected chi connectivity index (χ2v) is 9.14. The van der Waals surface area contributed by atoms with Gasteiger partial charge in [0.25, 0.3) is 0 Å². The molecule has 2 atom stereocenters. The molecule has 2 aromatic carbocycles. The average Bonchev–Trinajstić information content (AvgIpc) is 3.48. The fourth-order valence-electron chi connectivity index (χ4n) is 4.10. The molecule has 6 nitrogen and oxygen atoms in total. The molecule has 0 fully saturated rings. The summed E-state index contributed by atoms with van der Waals surface area (Å²) in [7, 11) is 1.33. The Balaban J connectivity index is 1.67. The monoisotopic (exact) mass is 472 g/mol. The molecule has 0 saturated heterocycles. The van der Waals surface area contributed by atoms with Gasteiger partial charge in [-0.15, -0.1) is 0 Å². The molecule has 1 aliphatic heterocycles. The zero-order valence-corrected chi connectivity index (χ0v) is 19.1.